The lowest BCUT2D eigenvalue weighted by molar-refractivity contribution is -0.119. The van der Waals surface area contributed by atoms with E-state index < -0.39 is 0 Å². The number of aromatic nitrogens is 4. The third-order valence-corrected chi connectivity index (χ3v) is 4.48. The van der Waals surface area contributed by atoms with Gasteiger partial charge in [0.25, 0.3) is 0 Å². The minimum absolute atomic E-state index is 0.00666. The molecule has 134 valence electrons. The summed E-state index contributed by atoms with van der Waals surface area (Å²) in [5, 5.41) is 15.1. The van der Waals surface area contributed by atoms with Crippen molar-refractivity contribution >= 4 is 23.5 Å². The average molecular weight is 361 g/mol. The predicted octanol–water partition coefficient (Wildman–Crippen LogP) is 2.60. The number of tetrazole rings is 1. The fourth-order valence-electron chi connectivity index (χ4n) is 2.25. The average Bonchev–Trinajstić information content (AvgIpc) is 3.01. The molecule has 7 nitrogen and oxygen atoms in total. The molecule has 0 aliphatic heterocycles. The van der Waals surface area contributed by atoms with Crippen molar-refractivity contribution in [2.24, 2.45) is 0 Å². The van der Waals surface area contributed by atoms with E-state index in [1.807, 2.05) is 39.8 Å². The highest BCUT2D eigenvalue weighted by Crippen LogP contribution is 2.22. The van der Waals surface area contributed by atoms with Crippen LogP contribution in [0, 0.1) is 0 Å². The van der Waals surface area contributed by atoms with E-state index in [9.17, 15) is 9.59 Å². The number of thioether (sulfide) groups is 1. The summed E-state index contributed by atoms with van der Waals surface area (Å²) in [6.45, 7) is 9.40. The zero-order chi connectivity index (χ0) is 18.6. The van der Waals surface area contributed by atoms with E-state index in [0.717, 1.165) is 5.56 Å². The molecule has 1 N–H and O–H groups in total. The van der Waals surface area contributed by atoms with Gasteiger partial charge in [0.2, 0.25) is 11.1 Å². The van der Waals surface area contributed by atoms with Crippen LogP contribution in [0.3, 0.4) is 0 Å². The maximum atomic E-state index is 12.4. The molecule has 1 aromatic heterocycles. The Kier molecular flexibility index (Phi) is 5.94. The largest absolute Gasteiger partial charge is 0.350 e. The molecule has 0 aliphatic rings. The maximum absolute atomic E-state index is 12.4. The van der Waals surface area contributed by atoms with E-state index in [1.54, 1.807) is 16.8 Å². The van der Waals surface area contributed by atoms with Gasteiger partial charge in [0, 0.05) is 12.5 Å². The van der Waals surface area contributed by atoms with Crippen LogP contribution in [-0.4, -0.2) is 37.7 Å². The number of hydrogen-bond donors (Lipinski definition) is 1. The monoisotopic (exact) mass is 361 g/mol. The summed E-state index contributed by atoms with van der Waals surface area (Å²) < 4.78 is 1.71. The summed E-state index contributed by atoms with van der Waals surface area (Å²) in [4.78, 5) is 23.5. The lowest BCUT2D eigenvalue weighted by Gasteiger charge is -2.19. The second-order valence-electron chi connectivity index (χ2n) is 6.80. The van der Waals surface area contributed by atoms with E-state index in [0.29, 0.717) is 10.7 Å². The molecular formula is C17H23N5O2S. The zero-order valence-corrected chi connectivity index (χ0v) is 15.9. The Labute approximate surface area is 151 Å². The van der Waals surface area contributed by atoms with E-state index in [2.05, 4.69) is 20.8 Å². The molecule has 0 bridgehead atoms. The lowest BCUT2D eigenvalue weighted by Crippen LogP contribution is -2.24. The van der Waals surface area contributed by atoms with Crippen molar-refractivity contribution in [2.45, 2.75) is 51.4 Å². The molecule has 1 heterocycles. The van der Waals surface area contributed by atoms with Gasteiger partial charge in [-0.2, -0.15) is 0 Å². The lowest BCUT2D eigenvalue weighted by atomic mass is 10.0. The first-order valence-corrected chi connectivity index (χ1v) is 8.99. The molecule has 1 amide bonds. The summed E-state index contributed by atoms with van der Waals surface area (Å²) in [7, 11) is 0. The van der Waals surface area contributed by atoms with Gasteiger partial charge in [0.1, 0.15) is 0 Å². The number of carbonyl (C=O) groups is 2. The first-order chi connectivity index (χ1) is 11.7. The number of nitrogens with zero attached hydrogens (tertiary/aromatic N) is 4. The standard InChI is InChI=1S/C17H23N5O2S/c1-11(18-12(2)23)13-6-8-14(9-7-13)15(24)10-25-16-19-20-21-22(16)17(3,4)5/h6-9,11H,10H2,1-5H3,(H,18,23)/t11-/m0/s1. The van der Waals surface area contributed by atoms with Crippen LogP contribution in [0.4, 0.5) is 0 Å². The first-order valence-electron chi connectivity index (χ1n) is 8.00. The second-order valence-corrected chi connectivity index (χ2v) is 7.74. The maximum Gasteiger partial charge on any atom is 0.217 e. The van der Waals surface area contributed by atoms with Crippen molar-refractivity contribution < 1.29 is 9.59 Å². The third kappa shape index (κ3) is 5.12. The molecule has 2 rings (SSSR count). The fraction of sp³-hybridized carbons (Fsp3) is 0.471. The van der Waals surface area contributed by atoms with Crippen LogP contribution in [0.25, 0.3) is 0 Å². The van der Waals surface area contributed by atoms with Crippen LogP contribution in [0.1, 0.15) is 56.6 Å². The van der Waals surface area contributed by atoms with Crippen molar-refractivity contribution in [3.63, 3.8) is 0 Å². The van der Waals surface area contributed by atoms with Crippen LogP contribution in [0.5, 0.6) is 0 Å². The summed E-state index contributed by atoms with van der Waals surface area (Å²) >= 11 is 1.32. The number of amides is 1. The van der Waals surface area contributed by atoms with E-state index in [4.69, 9.17) is 0 Å². The van der Waals surface area contributed by atoms with E-state index >= 15 is 0 Å². The van der Waals surface area contributed by atoms with Crippen molar-refractivity contribution in [1.29, 1.82) is 0 Å². The molecule has 0 saturated carbocycles. The Hall–Kier alpha value is -2.22. The van der Waals surface area contributed by atoms with Crippen molar-refractivity contribution in [2.75, 3.05) is 5.75 Å². The summed E-state index contributed by atoms with van der Waals surface area (Å²) in [6.07, 6.45) is 0. The van der Waals surface area contributed by atoms with Gasteiger partial charge in [-0.3, -0.25) is 9.59 Å². The number of benzene rings is 1. The fourth-order valence-corrected chi connectivity index (χ4v) is 3.20. The van der Waals surface area contributed by atoms with E-state index in [1.165, 1.54) is 18.7 Å². The van der Waals surface area contributed by atoms with Crippen LogP contribution < -0.4 is 5.32 Å². The zero-order valence-electron chi connectivity index (χ0n) is 15.1. The molecule has 0 unspecified atom stereocenters. The Morgan fingerprint density at radius 1 is 1.24 bits per heavy atom. The summed E-state index contributed by atoms with van der Waals surface area (Å²) in [6, 6.07) is 7.19. The molecule has 0 spiro atoms. The highest BCUT2D eigenvalue weighted by molar-refractivity contribution is 7.99. The Bertz CT molecular complexity index is 749. The number of ketones is 1. The quantitative estimate of drug-likeness (QED) is 0.628. The van der Waals surface area contributed by atoms with Crippen molar-refractivity contribution in [1.82, 2.24) is 25.5 Å². The topological polar surface area (TPSA) is 89.8 Å². The molecule has 0 saturated heterocycles. The number of nitrogens with one attached hydrogen (secondary N) is 1. The van der Waals surface area contributed by atoms with Crippen LogP contribution >= 0.6 is 11.8 Å². The number of rotatable bonds is 6. The molecule has 2 aromatic rings. The molecule has 1 aromatic carbocycles. The molecular weight excluding hydrogens is 338 g/mol. The second kappa shape index (κ2) is 7.77. The van der Waals surface area contributed by atoms with Crippen molar-refractivity contribution in [3.8, 4) is 0 Å². The molecule has 1 atom stereocenters. The first kappa shape index (κ1) is 19.1. The number of Topliss-reactive ketones (excluding diaryl/α,β-unsaturated/α-hetero) is 1. The van der Waals surface area contributed by atoms with Gasteiger partial charge in [-0.05, 0) is 43.7 Å². The summed E-state index contributed by atoms with van der Waals surface area (Å²) in [5.41, 5.74) is 1.34. The highest BCUT2D eigenvalue weighted by atomic mass is 32.2. The Balaban J connectivity index is 2.00. The highest BCUT2D eigenvalue weighted by Gasteiger charge is 2.21. The summed E-state index contributed by atoms with van der Waals surface area (Å²) in [5.74, 6) is 0.185. The van der Waals surface area contributed by atoms with Crippen molar-refractivity contribution in [3.05, 3.63) is 35.4 Å². The molecule has 0 radical (unpaired) electrons. The van der Waals surface area contributed by atoms with Gasteiger partial charge >= 0.3 is 0 Å². The van der Waals surface area contributed by atoms with Crippen LogP contribution in [-0.2, 0) is 10.3 Å². The Morgan fingerprint density at radius 3 is 2.44 bits per heavy atom. The molecule has 0 fully saturated rings. The minimum atomic E-state index is -0.240. The van der Waals surface area contributed by atoms with E-state index in [-0.39, 0.29) is 29.0 Å². The molecule has 0 aliphatic carbocycles. The minimum Gasteiger partial charge on any atom is -0.350 e. The van der Waals surface area contributed by atoms with Crippen LogP contribution in [0.15, 0.2) is 29.4 Å². The predicted molar refractivity (Wildman–Crippen MR) is 96.5 cm³/mol. The third-order valence-electron chi connectivity index (χ3n) is 3.56. The molecule has 8 heteroatoms. The normalized spacial score (nSPS) is 12.7. The van der Waals surface area contributed by atoms with Gasteiger partial charge < -0.3 is 5.32 Å². The number of hydrogen-bond acceptors (Lipinski definition) is 6. The van der Waals surface area contributed by atoms with Crippen LogP contribution in [0.2, 0.25) is 0 Å². The van der Waals surface area contributed by atoms with Gasteiger partial charge in [0.15, 0.2) is 5.78 Å². The SMILES string of the molecule is CC(=O)N[C@@H](C)c1ccc(C(=O)CSc2nnnn2C(C)(C)C)cc1. The van der Waals surface area contributed by atoms with Gasteiger partial charge in [-0.1, -0.05) is 36.0 Å². The van der Waals surface area contributed by atoms with Gasteiger partial charge in [0.05, 0.1) is 17.3 Å². The molecule has 25 heavy (non-hydrogen) atoms. The van der Waals surface area contributed by atoms with Gasteiger partial charge in [-0.25, -0.2) is 4.68 Å². The number of carbonyl (C=O) groups excluding carboxylic acids is 2. The Morgan fingerprint density at radius 2 is 1.88 bits per heavy atom. The van der Waals surface area contributed by atoms with Gasteiger partial charge in [-0.15, -0.1) is 5.10 Å². The smallest absolute Gasteiger partial charge is 0.217 e.